The molecule has 1 aliphatic heterocycles. The van der Waals surface area contributed by atoms with Gasteiger partial charge in [-0.3, -0.25) is 0 Å². The molecule has 0 aromatic heterocycles. The number of aliphatic hydroxyl groups is 2. The van der Waals surface area contributed by atoms with Crippen LogP contribution in [0.5, 0.6) is 0 Å². The van der Waals surface area contributed by atoms with Gasteiger partial charge in [0.15, 0.2) is 0 Å². The summed E-state index contributed by atoms with van der Waals surface area (Å²) in [5.41, 5.74) is 0.0152. The van der Waals surface area contributed by atoms with Crippen molar-refractivity contribution in [3.63, 3.8) is 0 Å². The Kier molecular flexibility index (Phi) is 10.2. The zero-order chi connectivity index (χ0) is 26.0. The summed E-state index contributed by atoms with van der Waals surface area (Å²) in [6.07, 6.45) is 1.26. The molecule has 5 atom stereocenters. The highest BCUT2D eigenvalue weighted by Crippen LogP contribution is 2.42. The zero-order valence-electron chi connectivity index (χ0n) is 21.3. The van der Waals surface area contributed by atoms with Crippen LogP contribution in [0, 0.1) is 0 Å². The average molecular weight is 499 g/mol. The molecule has 1 heterocycles. The molecule has 0 spiro atoms. The van der Waals surface area contributed by atoms with Crippen molar-refractivity contribution >= 4 is 5.97 Å². The van der Waals surface area contributed by atoms with E-state index in [4.69, 9.17) is 14.2 Å². The van der Waals surface area contributed by atoms with Crippen LogP contribution < -0.4 is 0 Å². The van der Waals surface area contributed by atoms with Gasteiger partial charge in [0.05, 0.1) is 44.2 Å². The molecule has 0 unspecified atom stereocenters. The number of carbonyl (C=O) groups is 1. The summed E-state index contributed by atoms with van der Waals surface area (Å²) in [5.74, 6) is -0.507. The fourth-order valence-corrected chi connectivity index (χ4v) is 4.47. The van der Waals surface area contributed by atoms with Crippen LogP contribution in [0.15, 0.2) is 72.8 Å². The molecule has 196 valence electrons. The van der Waals surface area contributed by atoms with E-state index in [0.29, 0.717) is 26.2 Å². The van der Waals surface area contributed by atoms with E-state index in [1.807, 2.05) is 67.6 Å². The molecular formula is C29H38O7. The lowest BCUT2D eigenvalue weighted by Crippen LogP contribution is -2.65. The number of benzene rings is 2. The smallest absolute Gasteiger partial charge is 0.330 e. The summed E-state index contributed by atoms with van der Waals surface area (Å²) in [7, 11) is 1.29. The van der Waals surface area contributed by atoms with Crippen molar-refractivity contribution in [3.05, 3.63) is 83.9 Å². The Morgan fingerprint density at radius 2 is 1.69 bits per heavy atom. The van der Waals surface area contributed by atoms with E-state index in [-0.39, 0.29) is 12.8 Å². The van der Waals surface area contributed by atoms with Crippen LogP contribution in [-0.2, 0) is 37.0 Å². The summed E-state index contributed by atoms with van der Waals surface area (Å²) in [6, 6.07) is 19.8. The van der Waals surface area contributed by atoms with E-state index >= 15 is 0 Å². The summed E-state index contributed by atoms with van der Waals surface area (Å²) in [4.78, 5) is 11.4. The van der Waals surface area contributed by atoms with Gasteiger partial charge in [-0.2, -0.15) is 0 Å². The second-order valence-corrected chi connectivity index (χ2v) is 9.60. The minimum absolute atomic E-state index is 0.124. The van der Waals surface area contributed by atoms with E-state index in [1.54, 1.807) is 6.92 Å². The maximum absolute atomic E-state index is 11.4. The number of hydrogen-bond donors (Lipinski definition) is 2. The van der Waals surface area contributed by atoms with Gasteiger partial charge in [0.25, 0.3) is 0 Å². The van der Waals surface area contributed by atoms with E-state index < -0.39 is 35.5 Å². The number of rotatable bonds is 12. The highest BCUT2D eigenvalue weighted by atomic mass is 16.6. The van der Waals surface area contributed by atoms with Crippen molar-refractivity contribution in [3.8, 4) is 0 Å². The van der Waals surface area contributed by atoms with Crippen molar-refractivity contribution in [2.45, 2.75) is 75.8 Å². The summed E-state index contributed by atoms with van der Waals surface area (Å²) >= 11 is 0. The SMILES string of the molecule is COC(=O)/C=C/C[C@@H](O)[C@@]1(C)O[C@@](C)(CCOCc2ccccc2)[C@H](OCc2ccccc2)C[C@@H]1O. The second-order valence-electron chi connectivity index (χ2n) is 9.60. The Labute approximate surface area is 213 Å². The van der Waals surface area contributed by atoms with Crippen LogP contribution in [-0.4, -0.2) is 59.4 Å². The summed E-state index contributed by atoms with van der Waals surface area (Å²) in [6.45, 7) is 4.91. The lowest BCUT2D eigenvalue weighted by Gasteiger charge is -2.53. The van der Waals surface area contributed by atoms with E-state index in [9.17, 15) is 15.0 Å². The largest absolute Gasteiger partial charge is 0.466 e. The molecule has 1 saturated heterocycles. The van der Waals surface area contributed by atoms with Gasteiger partial charge in [0, 0.05) is 25.5 Å². The van der Waals surface area contributed by atoms with Crippen LogP contribution in [0.3, 0.4) is 0 Å². The number of methoxy groups -OCH3 is 1. The zero-order valence-corrected chi connectivity index (χ0v) is 21.3. The molecule has 2 aromatic carbocycles. The Morgan fingerprint density at radius 1 is 1.08 bits per heavy atom. The highest BCUT2D eigenvalue weighted by Gasteiger charge is 2.54. The van der Waals surface area contributed by atoms with Crippen molar-refractivity contribution in [2.24, 2.45) is 0 Å². The molecule has 36 heavy (non-hydrogen) atoms. The lowest BCUT2D eigenvalue weighted by atomic mass is 9.77. The number of hydrogen-bond acceptors (Lipinski definition) is 7. The fraction of sp³-hybridized carbons (Fsp3) is 0.483. The second kappa shape index (κ2) is 13.1. The number of aliphatic hydroxyl groups excluding tert-OH is 2. The molecule has 1 aliphatic rings. The van der Waals surface area contributed by atoms with Gasteiger partial charge >= 0.3 is 5.97 Å². The molecule has 0 radical (unpaired) electrons. The van der Waals surface area contributed by atoms with Crippen LogP contribution in [0.25, 0.3) is 0 Å². The lowest BCUT2D eigenvalue weighted by molar-refractivity contribution is -0.301. The topological polar surface area (TPSA) is 94.5 Å². The normalized spacial score (nSPS) is 27.1. The maximum Gasteiger partial charge on any atom is 0.330 e. The molecule has 3 rings (SSSR count). The van der Waals surface area contributed by atoms with E-state index in [2.05, 4.69) is 4.74 Å². The van der Waals surface area contributed by atoms with Crippen molar-refractivity contribution in [2.75, 3.05) is 13.7 Å². The summed E-state index contributed by atoms with van der Waals surface area (Å²) in [5, 5.41) is 22.0. The summed E-state index contributed by atoms with van der Waals surface area (Å²) < 4.78 is 23.3. The predicted molar refractivity (Wildman–Crippen MR) is 136 cm³/mol. The quantitative estimate of drug-likeness (QED) is 0.260. The van der Waals surface area contributed by atoms with Gasteiger partial charge in [0.1, 0.15) is 5.60 Å². The minimum atomic E-state index is -1.26. The standard InChI is InChI=1S/C29H38O7/c1-28(17-18-34-20-22-11-6-4-7-12-22)26(35-21-23-13-8-5-9-14-23)19-25(31)29(2,36-28)24(30)15-10-16-27(32)33-3/h4-14,16,24-26,30-31H,15,17-21H2,1-3H3/b16-10+/t24-,25+,26-,28+,29-/m1/s1. The van der Waals surface area contributed by atoms with Crippen LogP contribution in [0.1, 0.15) is 44.2 Å². The maximum atomic E-state index is 11.4. The number of esters is 1. The Hall–Kier alpha value is -2.55. The monoisotopic (exact) mass is 498 g/mol. The third kappa shape index (κ3) is 7.48. The first-order valence-electron chi connectivity index (χ1n) is 12.3. The molecule has 1 fully saturated rings. The minimum Gasteiger partial charge on any atom is -0.466 e. The highest BCUT2D eigenvalue weighted by molar-refractivity contribution is 5.81. The van der Waals surface area contributed by atoms with Gasteiger partial charge in [-0.05, 0) is 31.4 Å². The van der Waals surface area contributed by atoms with Crippen molar-refractivity contribution in [1.82, 2.24) is 0 Å². The molecule has 2 N–H and O–H groups in total. The van der Waals surface area contributed by atoms with Gasteiger partial charge in [-0.25, -0.2) is 4.79 Å². The molecule has 7 heteroatoms. The first kappa shape index (κ1) is 28.0. The third-order valence-corrected chi connectivity index (χ3v) is 6.86. The molecule has 7 nitrogen and oxygen atoms in total. The van der Waals surface area contributed by atoms with Crippen molar-refractivity contribution in [1.29, 1.82) is 0 Å². The first-order valence-corrected chi connectivity index (χ1v) is 12.3. The molecular weight excluding hydrogens is 460 g/mol. The Morgan fingerprint density at radius 3 is 2.31 bits per heavy atom. The van der Waals surface area contributed by atoms with E-state index in [1.165, 1.54) is 19.3 Å². The number of carbonyl (C=O) groups excluding carboxylic acids is 1. The molecule has 0 aliphatic carbocycles. The van der Waals surface area contributed by atoms with Crippen molar-refractivity contribution < 1.29 is 34.0 Å². The Balaban J connectivity index is 1.71. The van der Waals surface area contributed by atoms with Gasteiger partial charge in [-0.1, -0.05) is 66.7 Å². The van der Waals surface area contributed by atoms with Crippen LogP contribution >= 0.6 is 0 Å². The predicted octanol–water partition coefficient (Wildman–Crippen LogP) is 3.96. The number of ether oxygens (including phenoxy) is 4. The molecule has 2 aromatic rings. The van der Waals surface area contributed by atoms with E-state index in [0.717, 1.165) is 11.1 Å². The fourth-order valence-electron chi connectivity index (χ4n) is 4.47. The third-order valence-electron chi connectivity index (χ3n) is 6.86. The molecule has 0 bridgehead atoms. The van der Waals surface area contributed by atoms with Crippen LogP contribution in [0.2, 0.25) is 0 Å². The average Bonchev–Trinajstić information content (AvgIpc) is 2.89. The first-order chi connectivity index (χ1) is 17.3. The van der Waals surface area contributed by atoms with Gasteiger partial charge in [0.2, 0.25) is 0 Å². The Bertz CT molecular complexity index is 964. The van der Waals surface area contributed by atoms with Crippen LogP contribution in [0.4, 0.5) is 0 Å². The van der Waals surface area contributed by atoms with Gasteiger partial charge < -0.3 is 29.2 Å². The van der Waals surface area contributed by atoms with Gasteiger partial charge in [-0.15, -0.1) is 0 Å². The molecule has 0 amide bonds. The molecule has 0 saturated carbocycles.